The van der Waals surface area contributed by atoms with Crippen LogP contribution >= 0.6 is 0 Å². The lowest BCUT2D eigenvalue weighted by Crippen LogP contribution is -2.48. The van der Waals surface area contributed by atoms with Gasteiger partial charge in [0.1, 0.15) is 17.5 Å². The van der Waals surface area contributed by atoms with Crippen LogP contribution in [0.25, 0.3) is 0 Å². The fourth-order valence-corrected chi connectivity index (χ4v) is 4.85. The molecule has 190 valence electrons. The SMILES string of the molecule is COc1ccc([C@H]2Cn3nnc(CN4CCC(NC(=O)NCCc5ccccc5)CC4)c3CO2)cc1. The summed E-state index contributed by atoms with van der Waals surface area (Å²) in [6.07, 6.45) is 2.64. The Morgan fingerprint density at radius 2 is 1.89 bits per heavy atom. The molecule has 2 aliphatic heterocycles. The predicted molar refractivity (Wildman–Crippen MR) is 136 cm³/mol. The van der Waals surface area contributed by atoms with Crippen LogP contribution in [0, 0.1) is 0 Å². The molecule has 0 saturated carbocycles. The molecule has 9 nitrogen and oxygen atoms in total. The summed E-state index contributed by atoms with van der Waals surface area (Å²) < 4.78 is 13.4. The number of piperidine rings is 1. The highest BCUT2D eigenvalue weighted by Gasteiger charge is 2.27. The molecule has 3 heterocycles. The van der Waals surface area contributed by atoms with Crippen molar-refractivity contribution in [1.82, 2.24) is 30.5 Å². The minimum Gasteiger partial charge on any atom is -0.497 e. The van der Waals surface area contributed by atoms with Gasteiger partial charge in [-0.05, 0) is 42.5 Å². The lowest BCUT2D eigenvalue weighted by Gasteiger charge is -2.32. The van der Waals surface area contributed by atoms with Crippen molar-refractivity contribution in [3.8, 4) is 5.75 Å². The number of benzene rings is 2. The van der Waals surface area contributed by atoms with Crippen LogP contribution in [0.2, 0.25) is 0 Å². The second-order valence-corrected chi connectivity index (χ2v) is 9.42. The van der Waals surface area contributed by atoms with Gasteiger partial charge in [-0.25, -0.2) is 9.48 Å². The predicted octanol–water partition coefficient (Wildman–Crippen LogP) is 3.06. The third kappa shape index (κ3) is 6.03. The number of likely N-dealkylation sites (tertiary alicyclic amines) is 1. The van der Waals surface area contributed by atoms with Gasteiger partial charge in [0.25, 0.3) is 0 Å². The number of aromatic nitrogens is 3. The number of carbonyl (C=O) groups is 1. The van der Waals surface area contributed by atoms with Gasteiger partial charge in [-0.1, -0.05) is 47.7 Å². The summed E-state index contributed by atoms with van der Waals surface area (Å²) in [5.41, 5.74) is 4.37. The Morgan fingerprint density at radius 3 is 2.64 bits per heavy atom. The first-order chi connectivity index (χ1) is 17.7. The molecule has 0 spiro atoms. The molecule has 0 unspecified atom stereocenters. The van der Waals surface area contributed by atoms with Gasteiger partial charge in [0.05, 0.1) is 26.0 Å². The minimum atomic E-state index is -0.0830. The van der Waals surface area contributed by atoms with Crippen LogP contribution in [0.3, 0.4) is 0 Å². The van der Waals surface area contributed by atoms with Gasteiger partial charge < -0.3 is 20.1 Å². The van der Waals surface area contributed by atoms with Gasteiger partial charge in [0.2, 0.25) is 0 Å². The quantitative estimate of drug-likeness (QED) is 0.504. The number of nitrogens with one attached hydrogen (secondary N) is 2. The number of ether oxygens (including phenoxy) is 2. The van der Waals surface area contributed by atoms with Crippen LogP contribution in [0.4, 0.5) is 4.79 Å². The average Bonchev–Trinajstić information content (AvgIpc) is 3.32. The number of urea groups is 1. The zero-order valence-electron chi connectivity index (χ0n) is 20.7. The van der Waals surface area contributed by atoms with E-state index in [1.165, 1.54) is 5.56 Å². The van der Waals surface area contributed by atoms with E-state index in [0.29, 0.717) is 19.7 Å². The third-order valence-corrected chi connectivity index (χ3v) is 7.00. The molecule has 0 bridgehead atoms. The van der Waals surface area contributed by atoms with Crippen molar-refractivity contribution in [2.75, 3.05) is 26.7 Å². The first-order valence-corrected chi connectivity index (χ1v) is 12.7. The summed E-state index contributed by atoms with van der Waals surface area (Å²) in [4.78, 5) is 14.7. The Bertz CT molecular complexity index is 1130. The maximum Gasteiger partial charge on any atom is 0.315 e. The molecule has 2 aliphatic rings. The number of fused-ring (bicyclic) bond motifs is 1. The zero-order chi connectivity index (χ0) is 24.7. The number of methoxy groups -OCH3 is 1. The van der Waals surface area contributed by atoms with Crippen LogP contribution in [-0.4, -0.2) is 58.7 Å². The summed E-state index contributed by atoms with van der Waals surface area (Å²) in [6.45, 7) is 4.36. The molecule has 0 aliphatic carbocycles. The Labute approximate surface area is 211 Å². The van der Waals surface area contributed by atoms with E-state index in [1.807, 2.05) is 47.1 Å². The monoisotopic (exact) mass is 490 g/mol. The van der Waals surface area contributed by atoms with E-state index >= 15 is 0 Å². The van der Waals surface area contributed by atoms with Crippen molar-refractivity contribution >= 4 is 6.03 Å². The fraction of sp³-hybridized carbons (Fsp3) is 0.444. The molecule has 5 rings (SSSR count). The van der Waals surface area contributed by atoms with E-state index in [9.17, 15) is 4.79 Å². The highest BCUT2D eigenvalue weighted by molar-refractivity contribution is 5.74. The summed E-state index contributed by atoms with van der Waals surface area (Å²) >= 11 is 0. The van der Waals surface area contributed by atoms with Crippen LogP contribution in [0.15, 0.2) is 54.6 Å². The van der Waals surface area contributed by atoms with Gasteiger partial charge >= 0.3 is 6.03 Å². The molecule has 2 amide bonds. The van der Waals surface area contributed by atoms with E-state index in [-0.39, 0.29) is 18.2 Å². The second kappa shape index (κ2) is 11.5. The summed E-state index contributed by atoms with van der Waals surface area (Å²) in [6, 6.07) is 18.3. The molecule has 0 radical (unpaired) electrons. The highest BCUT2D eigenvalue weighted by atomic mass is 16.5. The van der Waals surface area contributed by atoms with E-state index < -0.39 is 0 Å². The number of amides is 2. The standard InChI is InChI=1S/C27H34N6O3/c1-35-23-9-7-21(8-10-23)26-18-33-25(19-36-26)24(30-31-33)17-32-15-12-22(13-16-32)29-27(34)28-14-11-20-5-3-2-4-6-20/h2-10,22,26H,11-19H2,1H3,(H2,28,29,34)/t26-/m1/s1. The van der Waals surface area contributed by atoms with E-state index in [2.05, 4.69) is 38.0 Å². The van der Waals surface area contributed by atoms with Gasteiger partial charge in [-0.3, -0.25) is 4.90 Å². The fourth-order valence-electron chi connectivity index (χ4n) is 4.85. The van der Waals surface area contributed by atoms with Gasteiger partial charge in [-0.2, -0.15) is 0 Å². The summed E-state index contributed by atoms with van der Waals surface area (Å²) in [5.74, 6) is 0.834. The second-order valence-electron chi connectivity index (χ2n) is 9.42. The smallest absolute Gasteiger partial charge is 0.315 e. The molecule has 3 aromatic rings. The molecule has 2 aromatic carbocycles. The lowest BCUT2D eigenvalue weighted by molar-refractivity contribution is -0.00218. The van der Waals surface area contributed by atoms with Crippen molar-refractivity contribution in [1.29, 1.82) is 0 Å². The van der Waals surface area contributed by atoms with Crippen molar-refractivity contribution in [3.63, 3.8) is 0 Å². The van der Waals surface area contributed by atoms with Crippen LogP contribution in [0.1, 0.15) is 41.5 Å². The number of hydrogen-bond acceptors (Lipinski definition) is 6. The van der Waals surface area contributed by atoms with E-state index in [4.69, 9.17) is 9.47 Å². The molecule has 1 saturated heterocycles. The Morgan fingerprint density at radius 1 is 1.11 bits per heavy atom. The van der Waals surface area contributed by atoms with Crippen molar-refractivity contribution < 1.29 is 14.3 Å². The van der Waals surface area contributed by atoms with Gasteiger partial charge in [-0.15, -0.1) is 5.10 Å². The Balaban J connectivity index is 1.05. The number of nitrogens with zero attached hydrogens (tertiary/aromatic N) is 4. The average molecular weight is 491 g/mol. The van der Waals surface area contributed by atoms with E-state index in [1.54, 1.807) is 7.11 Å². The number of hydrogen-bond donors (Lipinski definition) is 2. The Kier molecular flexibility index (Phi) is 7.78. The van der Waals surface area contributed by atoms with Crippen LogP contribution in [-0.2, 0) is 30.9 Å². The molecular weight excluding hydrogens is 456 g/mol. The van der Waals surface area contributed by atoms with Crippen molar-refractivity contribution in [3.05, 3.63) is 77.1 Å². The molecule has 36 heavy (non-hydrogen) atoms. The molecule has 1 atom stereocenters. The zero-order valence-corrected chi connectivity index (χ0v) is 20.7. The molecular formula is C27H34N6O3. The minimum absolute atomic E-state index is 0.0429. The summed E-state index contributed by atoms with van der Waals surface area (Å²) in [5, 5.41) is 15.0. The Hall–Kier alpha value is -3.43. The lowest BCUT2D eigenvalue weighted by atomic mass is 10.0. The highest BCUT2D eigenvalue weighted by Crippen LogP contribution is 2.28. The third-order valence-electron chi connectivity index (χ3n) is 7.00. The van der Waals surface area contributed by atoms with Crippen molar-refractivity contribution in [2.24, 2.45) is 0 Å². The number of carbonyl (C=O) groups excluding carboxylic acids is 1. The topological polar surface area (TPSA) is 93.5 Å². The maximum absolute atomic E-state index is 12.3. The molecule has 2 N–H and O–H groups in total. The molecule has 1 aromatic heterocycles. The number of rotatable bonds is 8. The molecule has 1 fully saturated rings. The van der Waals surface area contributed by atoms with Crippen LogP contribution < -0.4 is 15.4 Å². The first kappa shape index (κ1) is 24.3. The van der Waals surface area contributed by atoms with Crippen LogP contribution in [0.5, 0.6) is 5.75 Å². The van der Waals surface area contributed by atoms with E-state index in [0.717, 1.165) is 61.6 Å². The first-order valence-electron chi connectivity index (χ1n) is 12.7. The van der Waals surface area contributed by atoms with Gasteiger partial charge in [0.15, 0.2) is 0 Å². The maximum atomic E-state index is 12.3. The summed E-state index contributed by atoms with van der Waals surface area (Å²) in [7, 11) is 1.67. The molecule has 9 heteroatoms. The van der Waals surface area contributed by atoms with Crippen molar-refractivity contribution in [2.45, 2.75) is 51.1 Å². The largest absolute Gasteiger partial charge is 0.497 e. The normalized spacial score (nSPS) is 18.4. The van der Waals surface area contributed by atoms with Gasteiger partial charge in [0, 0.05) is 32.2 Å².